The molecule has 13 heteroatoms. The minimum absolute atomic E-state index is 0.227. The number of anilines is 5. The topological polar surface area (TPSA) is 107 Å². The van der Waals surface area contributed by atoms with E-state index in [1.54, 1.807) is 42.6 Å². The molecule has 41 heavy (non-hydrogen) atoms. The molecule has 5 rings (SSSR count). The second-order valence-corrected chi connectivity index (χ2v) is 9.48. The number of H-pyrrole nitrogens is 1. The van der Waals surface area contributed by atoms with E-state index in [1.807, 2.05) is 25.1 Å². The van der Waals surface area contributed by atoms with Gasteiger partial charge in [0.15, 0.2) is 34.6 Å². The standard InChI is InChI=1S/C28H20F4IN5O3/c1-14-4-5-18(36-27(40)38-23-9-15(28(30,31)32)10-24(41-33)25(23)29)12-21(14)35-17-6-7-19-20(11-16-3-2-8-34-16)26(39)37-22(19)13-17/h2-13,34-35H,1H3,(H,37,39)(H2,36,38,40)/b20-11-. The van der Waals surface area contributed by atoms with E-state index in [4.69, 9.17) is 0 Å². The molecule has 0 radical (unpaired) electrons. The number of fused-ring (bicyclic) bond motifs is 1. The Kier molecular flexibility index (Phi) is 7.62. The van der Waals surface area contributed by atoms with Gasteiger partial charge < -0.3 is 29.3 Å². The highest BCUT2D eigenvalue weighted by Gasteiger charge is 2.33. The van der Waals surface area contributed by atoms with Crippen LogP contribution >= 0.6 is 23.0 Å². The number of urea groups is 1. The fourth-order valence-corrected chi connectivity index (χ4v) is 4.51. The van der Waals surface area contributed by atoms with Gasteiger partial charge in [-0.15, -0.1) is 0 Å². The SMILES string of the molecule is Cc1ccc(NC(=O)Nc2cc(C(F)(F)F)cc(OI)c2F)cc1Nc1ccc2c(c1)NC(=O)/C2=C\c1ccc[nH]1. The van der Waals surface area contributed by atoms with Crippen molar-refractivity contribution in [3.8, 4) is 5.75 Å². The molecule has 1 aliphatic rings. The Morgan fingerprint density at radius 2 is 1.78 bits per heavy atom. The van der Waals surface area contributed by atoms with Crippen molar-refractivity contribution < 1.29 is 30.2 Å². The number of alkyl halides is 3. The predicted octanol–water partition coefficient (Wildman–Crippen LogP) is 8.09. The summed E-state index contributed by atoms with van der Waals surface area (Å²) in [7, 11) is 0. The van der Waals surface area contributed by atoms with Crippen molar-refractivity contribution in [1.29, 1.82) is 0 Å². The van der Waals surface area contributed by atoms with Crippen molar-refractivity contribution in [2.45, 2.75) is 13.1 Å². The number of amides is 3. The van der Waals surface area contributed by atoms with Crippen LogP contribution in [-0.2, 0) is 11.0 Å². The highest BCUT2D eigenvalue weighted by Crippen LogP contribution is 2.38. The van der Waals surface area contributed by atoms with Gasteiger partial charge in [-0.1, -0.05) is 12.1 Å². The number of hydrogen-bond donors (Lipinski definition) is 5. The van der Waals surface area contributed by atoms with Gasteiger partial charge in [0.2, 0.25) is 0 Å². The number of hydrogen-bond acceptors (Lipinski definition) is 4. The van der Waals surface area contributed by atoms with E-state index in [1.165, 1.54) is 23.0 Å². The van der Waals surface area contributed by atoms with Gasteiger partial charge in [0, 0.05) is 34.5 Å². The third-order valence-corrected chi connectivity index (χ3v) is 6.67. The number of aromatic nitrogens is 1. The minimum atomic E-state index is -4.78. The Morgan fingerprint density at radius 3 is 2.49 bits per heavy atom. The molecule has 210 valence electrons. The maximum atomic E-state index is 14.6. The summed E-state index contributed by atoms with van der Waals surface area (Å²) in [6, 6.07) is 14.0. The Bertz CT molecular complexity index is 1690. The third-order valence-electron chi connectivity index (χ3n) is 6.20. The number of benzene rings is 3. The second-order valence-electron chi connectivity index (χ2n) is 9.04. The van der Waals surface area contributed by atoms with Gasteiger partial charge in [-0.05, 0) is 67.1 Å². The van der Waals surface area contributed by atoms with Crippen molar-refractivity contribution in [2.24, 2.45) is 0 Å². The van der Waals surface area contributed by atoms with Gasteiger partial charge >= 0.3 is 12.2 Å². The molecule has 0 fully saturated rings. The Morgan fingerprint density at radius 1 is 1.00 bits per heavy atom. The van der Waals surface area contributed by atoms with E-state index in [0.717, 1.165) is 16.8 Å². The highest BCUT2D eigenvalue weighted by molar-refractivity contribution is 14.1. The van der Waals surface area contributed by atoms with Gasteiger partial charge in [0.1, 0.15) is 0 Å². The summed E-state index contributed by atoms with van der Waals surface area (Å²) in [5, 5.41) is 10.7. The molecule has 0 atom stereocenters. The van der Waals surface area contributed by atoms with Gasteiger partial charge in [-0.2, -0.15) is 13.2 Å². The molecule has 0 aliphatic carbocycles. The average Bonchev–Trinajstić information content (AvgIpc) is 3.54. The first kappa shape index (κ1) is 28.0. The normalized spacial score (nSPS) is 13.5. The molecule has 3 aromatic carbocycles. The van der Waals surface area contributed by atoms with E-state index >= 15 is 0 Å². The lowest BCUT2D eigenvalue weighted by Crippen LogP contribution is -2.21. The first-order valence-electron chi connectivity index (χ1n) is 12.0. The quantitative estimate of drug-likeness (QED) is 0.0808. The predicted molar refractivity (Wildman–Crippen MR) is 157 cm³/mol. The number of carbonyl (C=O) groups excluding carboxylic acids is 2. The molecule has 2 heterocycles. The van der Waals surface area contributed by atoms with E-state index < -0.39 is 35.0 Å². The van der Waals surface area contributed by atoms with Crippen LogP contribution < -0.4 is 24.3 Å². The highest BCUT2D eigenvalue weighted by atomic mass is 127. The zero-order valence-corrected chi connectivity index (χ0v) is 23.2. The van der Waals surface area contributed by atoms with Crippen molar-refractivity contribution >= 4 is 75.0 Å². The first-order valence-corrected chi connectivity index (χ1v) is 12.9. The number of carbonyl (C=O) groups is 2. The molecule has 8 nitrogen and oxygen atoms in total. The molecule has 0 spiro atoms. The van der Waals surface area contributed by atoms with Crippen LogP contribution in [0.15, 0.2) is 66.9 Å². The van der Waals surface area contributed by atoms with Gasteiger partial charge in [0.25, 0.3) is 5.91 Å². The maximum Gasteiger partial charge on any atom is 0.416 e. The Balaban J connectivity index is 1.32. The van der Waals surface area contributed by atoms with Crippen molar-refractivity contribution in [3.63, 3.8) is 0 Å². The first-order chi connectivity index (χ1) is 19.5. The van der Waals surface area contributed by atoms with E-state index in [2.05, 4.69) is 29.3 Å². The van der Waals surface area contributed by atoms with Gasteiger partial charge in [-0.3, -0.25) is 4.79 Å². The van der Waals surface area contributed by atoms with E-state index in [0.29, 0.717) is 40.5 Å². The van der Waals surface area contributed by atoms with Crippen LogP contribution in [0.25, 0.3) is 11.6 Å². The molecule has 0 unspecified atom stereocenters. The molecular formula is C28H20F4IN5O3. The molecule has 4 aromatic rings. The Hall–Kier alpha value is -4.53. The van der Waals surface area contributed by atoms with Crippen LogP contribution in [0, 0.1) is 12.7 Å². The monoisotopic (exact) mass is 677 g/mol. The lowest BCUT2D eigenvalue weighted by Gasteiger charge is -2.15. The third kappa shape index (κ3) is 6.14. The number of halogens is 5. The van der Waals surface area contributed by atoms with Crippen molar-refractivity contribution in [2.75, 3.05) is 21.3 Å². The molecule has 5 N–H and O–H groups in total. The average molecular weight is 677 g/mol. The van der Waals surface area contributed by atoms with Crippen LogP contribution in [0.4, 0.5) is 50.8 Å². The summed E-state index contributed by atoms with van der Waals surface area (Å²) in [5.74, 6) is -2.05. The van der Waals surface area contributed by atoms with Crippen LogP contribution in [0.5, 0.6) is 5.75 Å². The summed E-state index contributed by atoms with van der Waals surface area (Å²) in [4.78, 5) is 28.2. The van der Waals surface area contributed by atoms with Crippen LogP contribution in [0.1, 0.15) is 22.4 Å². The molecule has 1 aromatic heterocycles. The lowest BCUT2D eigenvalue weighted by molar-refractivity contribution is -0.137. The summed E-state index contributed by atoms with van der Waals surface area (Å²) >= 11 is 1.26. The maximum absolute atomic E-state index is 14.6. The van der Waals surface area contributed by atoms with Crippen LogP contribution in [0.2, 0.25) is 0 Å². The number of nitrogens with one attached hydrogen (secondary N) is 5. The summed E-state index contributed by atoms with van der Waals surface area (Å²) in [6.07, 6.45) is -1.25. The smallest absolute Gasteiger partial charge is 0.416 e. The van der Waals surface area contributed by atoms with Gasteiger partial charge in [-0.25, -0.2) is 9.18 Å². The number of aromatic amines is 1. The molecule has 0 saturated heterocycles. The van der Waals surface area contributed by atoms with Gasteiger partial charge in [0.05, 0.1) is 22.5 Å². The summed E-state index contributed by atoms with van der Waals surface area (Å²) in [5.41, 5.74) is 3.20. The zero-order chi connectivity index (χ0) is 29.3. The molecular weight excluding hydrogens is 657 g/mol. The van der Waals surface area contributed by atoms with Crippen molar-refractivity contribution in [3.05, 3.63) is 95.1 Å². The minimum Gasteiger partial charge on any atom is -0.424 e. The Labute approximate surface area is 244 Å². The fourth-order valence-electron chi connectivity index (χ4n) is 4.19. The number of rotatable bonds is 6. The number of aryl methyl sites for hydroxylation is 1. The van der Waals surface area contributed by atoms with E-state index in [-0.39, 0.29) is 5.91 Å². The largest absolute Gasteiger partial charge is 0.424 e. The summed E-state index contributed by atoms with van der Waals surface area (Å²) in [6.45, 7) is 1.84. The fraction of sp³-hybridized carbons (Fsp3) is 0.0714. The van der Waals surface area contributed by atoms with Crippen LogP contribution in [-0.4, -0.2) is 16.9 Å². The molecule has 1 aliphatic heterocycles. The zero-order valence-electron chi connectivity index (χ0n) is 21.0. The summed E-state index contributed by atoms with van der Waals surface area (Å²) < 4.78 is 58.8. The molecule has 3 amide bonds. The van der Waals surface area contributed by atoms with Crippen molar-refractivity contribution in [1.82, 2.24) is 4.98 Å². The lowest BCUT2D eigenvalue weighted by atomic mass is 10.1. The van der Waals surface area contributed by atoms with Crippen LogP contribution in [0.3, 0.4) is 0 Å². The molecule has 0 bridgehead atoms. The second kappa shape index (κ2) is 11.2. The van der Waals surface area contributed by atoms with E-state index in [9.17, 15) is 27.2 Å². The molecule has 0 saturated carbocycles.